The van der Waals surface area contributed by atoms with Crippen LogP contribution in [-0.4, -0.2) is 28.6 Å². The molecule has 1 N–H and O–H groups in total. The molecule has 0 radical (unpaired) electrons. The second kappa shape index (κ2) is 4.87. The average Bonchev–Trinajstić information content (AvgIpc) is 2.67. The van der Waals surface area contributed by atoms with Crippen LogP contribution >= 0.6 is 0 Å². The number of nitrogens with zero attached hydrogens (tertiary/aromatic N) is 2. The molecule has 102 valence electrons. The molecule has 1 aliphatic rings. The van der Waals surface area contributed by atoms with Crippen molar-refractivity contribution in [2.75, 3.05) is 11.4 Å². The van der Waals surface area contributed by atoms with Crippen molar-refractivity contribution in [3.63, 3.8) is 0 Å². The van der Waals surface area contributed by atoms with E-state index in [9.17, 15) is 14.9 Å². The van der Waals surface area contributed by atoms with Crippen molar-refractivity contribution in [3.8, 4) is 0 Å². The Labute approximate surface area is 110 Å². The molecule has 2 rings (SSSR count). The van der Waals surface area contributed by atoms with Gasteiger partial charge >= 0.3 is 5.97 Å². The van der Waals surface area contributed by atoms with Gasteiger partial charge in [-0.05, 0) is 31.4 Å². The minimum Gasteiger partial charge on any atom is -0.477 e. The molecule has 1 heterocycles. The molecule has 0 spiro atoms. The number of rotatable bonds is 3. The second-order valence-corrected chi connectivity index (χ2v) is 5.11. The first-order chi connectivity index (χ1) is 8.90. The molecular formula is C13H16N2O4. The summed E-state index contributed by atoms with van der Waals surface area (Å²) >= 11 is 0. The van der Waals surface area contributed by atoms with Gasteiger partial charge in [0.15, 0.2) is 0 Å². The number of carboxylic acids is 1. The lowest BCUT2D eigenvalue weighted by Crippen LogP contribution is -2.26. The third-order valence-corrected chi connectivity index (χ3v) is 3.52. The lowest BCUT2D eigenvalue weighted by atomic mass is 10.1. The maximum Gasteiger partial charge on any atom is 0.342 e. The Morgan fingerprint density at radius 1 is 1.47 bits per heavy atom. The predicted octanol–water partition coefficient (Wildman–Crippen LogP) is 2.53. The van der Waals surface area contributed by atoms with E-state index in [0.29, 0.717) is 12.0 Å². The zero-order valence-corrected chi connectivity index (χ0v) is 10.9. The van der Waals surface area contributed by atoms with Crippen LogP contribution in [0.4, 0.5) is 11.4 Å². The fourth-order valence-electron chi connectivity index (χ4n) is 2.69. The summed E-state index contributed by atoms with van der Waals surface area (Å²) in [4.78, 5) is 23.4. The van der Waals surface area contributed by atoms with Gasteiger partial charge in [0.05, 0.1) is 4.92 Å². The molecule has 0 aliphatic carbocycles. The van der Waals surface area contributed by atoms with Crippen LogP contribution < -0.4 is 4.90 Å². The second-order valence-electron chi connectivity index (χ2n) is 5.11. The fraction of sp³-hybridized carbons (Fsp3) is 0.462. The first-order valence-corrected chi connectivity index (χ1v) is 6.18. The number of carbonyl (C=O) groups is 1. The lowest BCUT2D eigenvalue weighted by Gasteiger charge is -2.24. The SMILES string of the molecule is CC1CC(C)N(c2ccc([N+](=O)[O-])c(C(=O)O)c2)C1. The summed E-state index contributed by atoms with van der Waals surface area (Å²) in [6.45, 7) is 5.06. The number of anilines is 1. The molecule has 0 aromatic heterocycles. The third-order valence-electron chi connectivity index (χ3n) is 3.52. The normalized spacial score (nSPS) is 22.5. The first kappa shape index (κ1) is 13.3. The summed E-state index contributed by atoms with van der Waals surface area (Å²) in [5.41, 5.74) is 0.116. The van der Waals surface area contributed by atoms with E-state index in [4.69, 9.17) is 5.11 Å². The Kier molecular flexibility index (Phi) is 3.42. The summed E-state index contributed by atoms with van der Waals surface area (Å²) in [5, 5.41) is 19.9. The monoisotopic (exact) mass is 264 g/mol. The maximum atomic E-state index is 11.1. The summed E-state index contributed by atoms with van der Waals surface area (Å²) < 4.78 is 0. The van der Waals surface area contributed by atoms with Crippen molar-refractivity contribution < 1.29 is 14.8 Å². The molecular weight excluding hydrogens is 248 g/mol. The van der Waals surface area contributed by atoms with Crippen LogP contribution in [0.1, 0.15) is 30.6 Å². The maximum absolute atomic E-state index is 11.1. The Morgan fingerprint density at radius 2 is 2.16 bits per heavy atom. The van der Waals surface area contributed by atoms with E-state index in [1.807, 2.05) is 0 Å². The van der Waals surface area contributed by atoms with Gasteiger partial charge in [0.1, 0.15) is 5.56 Å². The fourth-order valence-corrected chi connectivity index (χ4v) is 2.69. The molecule has 0 amide bonds. The number of nitro benzene ring substituents is 1. The summed E-state index contributed by atoms with van der Waals surface area (Å²) in [6.07, 6.45) is 1.04. The number of benzene rings is 1. The molecule has 1 aromatic rings. The standard InChI is InChI=1S/C13H16N2O4/c1-8-5-9(2)14(7-8)10-3-4-12(15(18)19)11(6-10)13(16)17/h3-4,6,8-9H,5,7H2,1-2H3,(H,16,17). The van der Waals surface area contributed by atoms with Crippen molar-refractivity contribution in [3.05, 3.63) is 33.9 Å². The quantitative estimate of drug-likeness (QED) is 0.670. The van der Waals surface area contributed by atoms with Gasteiger partial charge in [0, 0.05) is 24.3 Å². The van der Waals surface area contributed by atoms with E-state index in [0.717, 1.165) is 18.7 Å². The number of carboxylic acid groups (broad SMARTS) is 1. The number of aromatic carboxylic acids is 1. The highest BCUT2D eigenvalue weighted by Gasteiger charge is 2.28. The number of hydrogen-bond acceptors (Lipinski definition) is 4. The van der Waals surface area contributed by atoms with Crippen LogP contribution in [0.5, 0.6) is 0 Å². The van der Waals surface area contributed by atoms with Crippen molar-refractivity contribution in [2.45, 2.75) is 26.3 Å². The first-order valence-electron chi connectivity index (χ1n) is 6.18. The number of hydrogen-bond donors (Lipinski definition) is 1. The molecule has 19 heavy (non-hydrogen) atoms. The molecule has 1 aromatic carbocycles. The smallest absolute Gasteiger partial charge is 0.342 e. The largest absolute Gasteiger partial charge is 0.477 e. The molecule has 1 aliphatic heterocycles. The van der Waals surface area contributed by atoms with Crippen molar-refractivity contribution in [1.29, 1.82) is 0 Å². The van der Waals surface area contributed by atoms with Gasteiger partial charge in [-0.3, -0.25) is 10.1 Å². The molecule has 2 atom stereocenters. The van der Waals surface area contributed by atoms with E-state index in [2.05, 4.69) is 18.7 Å². The summed E-state index contributed by atoms with van der Waals surface area (Å²) in [5.74, 6) is -0.730. The average molecular weight is 264 g/mol. The highest BCUT2D eigenvalue weighted by Crippen LogP contribution is 2.31. The molecule has 2 unspecified atom stereocenters. The van der Waals surface area contributed by atoms with E-state index in [1.54, 1.807) is 6.07 Å². The van der Waals surface area contributed by atoms with Crippen LogP contribution in [0.15, 0.2) is 18.2 Å². The van der Waals surface area contributed by atoms with Gasteiger partial charge < -0.3 is 10.0 Å². The van der Waals surface area contributed by atoms with Gasteiger partial charge in [0.25, 0.3) is 5.69 Å². The Bertz CT molecular complexity index is 529. The molecule has 0 saturated carbocycles. The van der Waals surface area contributed by atoms with Gasteiger partial charge in [-0.2, -0.15) is 0 Å². The topological polar surface area (TPSA) is 83.7 Å². The Morgan fingerprint density at radius 3 is 2.63 bits per heavy atom. The van der Waals surface area contributed by atoms with Gasteiger partial charge in [0.2, 0.25) is 0 Å². The minimum absolute atomic E-state index is 0.255. The predicted molar refractivity (Wildman–Crippen MR) is 70.6 cm³/mol. The molecule has 6 heteroatoms. The molecule has 1 saturated heterocycles. The van der Waals surface area contributed by atoms with E-state index < -0.39 is 10.9 Å². The van der Waals surface area contributed by atoms with Crippen LogP contribution in [0.25, 0.3) is 0 Å². The lowest BCUT2D eigenvalue weighted by molar-refractivity contribution is -0.385. The highest BCUT2D eigenvalue weighted by atomic mass is 16.6. The van der Waals surface area contributed by atoms with Crippen molar-refractivity contribution in [2.24, 2.45) is 5.92 Å². The zero-order chi connectivity index (χ0) is 14.2. The van der Waals surface area contributed by atoms with E-state index in [1.165, 1.54) is 12.1 Å². The third kappa shape index (κ3) is 2.52. The van der Waals surface area contributed by atoms with Crippen molar-refractivity contribution in [1.82, 2.24) is 0 Å². The minimum atomic E-state index is -1.27. The molecule has 1 fully saturated rings. The number of nitro groups is 1. The van der Waals surface area contributed by atoms with E-state index >= 15 is 0 Å². The Hall–Kier alpha value is -2.11. The zero-order valence-electron chi connectivity index (χ0n) is 10.9. The van der Waals surface area contributed by atoms with E-state index in [-0.39, 0.29) is 11.3 Å². The van der Waals surface area contributed by atoms with Crippen molar-refractivity contribution >= 4 is 17.3 Å². The van der Waals surface area contributed by atoms with Crippen LogP contribution in [-0.2, 0) is 0 Å². The highest BCUT2D eigenvalue weighted by molar-refractivity contribution is 5.93. The van der Waals surface area contributed by atoms with Crippen LogP contribution in [0.2, 0.25) is 0 Å². The Balaban J connectivity index is 2.41. The van der Waals surface area contributed by atoms with Gasteiger partial charge in [-0.1, -0.05) is 6.92 Å². The van der Waals surface area contributed by atoms with Crippen LogP contribution in [0, 0.1) is 16.0 Å². The van der Waals surface area contributed by atoms with Gasteiger partial charge in [-0.15, -0.1) is 0 Å². The molecule has 6 nitrogen and oxygen atoms in total. The molecule has 0 bridgehead atoms. The summed E-state index contributed by atoms with van der Waals surface area (Å²) in [7, 11) is 0. The van der Waals surface area contributed by atoms with Gasteiger partial charge in [-0.25, -0.2) is 4.79 Å². The van der Waals surface area contributed by atoms with Crippen LogP contribution in [0.3, 0.4) is 0 Å². The summed E-state index contributed by atoms with van der Waals surface area (Å²) in [6, 6.07) is 4.61.